The lowest BCUT2D eigenvalue weighted by molar-refractivity contribution is -0.143. The van der Waals surface area contributed by atoms with Gasteiger partial charge in [0.05, 0.1) is 17.3 Å². The Morgan fingerprint density at radius 3 is 2.39 bits per heavy atom. The molecule has 3 rings (SSSR count). The monoisotopic (exact) mass is 313 g/mol. The molecule has 122 valence electrons. The van der Waals surface area contributed by atoms with Crippen LogP contribution < -0.4 is 0 Å². The van der Waals surface area contributed by atoms with Gasteiger partial charge in [0.15, 0.2) is 0 Å². The molecule has 0 radical (unpaired) electrons. The Labute approximate surface area is 136 Å². The Hall–Kier alpha value is -2.14. The molecule has 1 aromatic carbocycles. The zero-order chi connectivity index (χ0) is 16.4. The van der Waals surface area contributed by atoms with Crippen molar-refractivity contribution in [2.24, 2.45) is 5.92 Å². The van der Waals surface area contributed by atoms with Gasteiger partial charge in [-0.3, -0.25) is 9.69 Å². The molecule has 0 aliphatic carbocycles. The molecule has 0 saturated carbocycles. The lowest BCUT2D eigenvalue weighted by Crippen LogP contribution is -2.35. The van der Waals surface area contributed by atoms with E-state index in [4.69, 9.17) is 5.11 Å². The Bertz CT molecular complexity index is 683. The van der Waals surface area contributed by atoms with Crippen LogP contribution in [0.4, 0.5) is 0 Å². The fraction of sp³-hybridized carbons (Fsp3) is 0.444. The fourth-order valence-corrected chi connectivity index (χ4v) is 3.23. The summed E-state index contributed by atoms with van der Waals surface area (Å²) < 4.78 is 1.96. The number of hydrogen-bond acceptors (Lipinski definition) is 3. The van der Waals surface area contributed by atoms with Crippen molar-refractivity contribution in [2.45, 2.75) is 33.2 Å². The van der Waals surface area contributed by atoms with Crippen LogP contribution in [-0.4, -0.2) is 38.8 Å². The van der Waals surface area contributed by atoms with E-state index < -0.39 is 5.97 Å². The maximum atomic E-state index is 11.0. The SMILES string of the molecule is Cc1cc(C)n(-c2ccc(CN3CCC(C(=O)O)CC3)cc2)n1. The van der Waals surface area contributed by atoms with E-state index in [9.17, 15) is 4.79 Å². The van der Waals surface area contributed by atoms with Gasteiger partial charge in [-0.05, 0) is 63.5 Å². The third kappa shape index (κ3) is 3.62. The number of hydrogen-bond donors (Lipinski definition) is 1. The van der Waals surface area contributed by atoms with Crippen molar-refractivity contribution in [1.29, 1.82) is 0 Å². The highest BCUT2D eigenvalue weighted by Crippen LogP contribution is 2.20. The standard InChI is InChI=1S/C18H23N3O2/c1-13-11-14(2)21(19-13)17-5-3-15(4-6-17)12-20-9-7-16(8-10-20)18(22)23/h3-6,11,16H,7-10,12H2,1-2H3,(H,22,23). The molecule has 5 nitrogen and oxygen atoms in total. The summed E-state index contributed by atoms with van der Waals surface area (Å²) in [6, 6.07) is 10.5. The molecule has 0 amide bonds. The van der Waals surface area contributed by atoms with Crippen molar-refractivity contribution in [2.75, 3.05) is 13.1 Å². The number of piperidine rings is 1. The van der Waals surface area contributed by atoms with E-state index in [1.165, 1.54) is 5.56 Å². The first-order chi connectivity index (χ1) is 11.0. The van der Waals surface area contributed by atoms with Crippen molar-refractivity contribution in [3.8, 4) is 5.69 Å². The van der Waals surface area contributed by atoms with Gasteiger partial charge in [0, 0.05) is 12.2 Å². The first-order valence-electron chi connectivity index (χ1n) is 8.10. The fourth-order valence-electron chi connectivity index (χ4n) is 3.23. The maximum absolute atomic E-state index is 11.0. The second-order valence-corrected chi connectivity index (χ2v) is 6.39. The van der Waals surface area contributed by atoms with Crippen LogP contribution in [0.25, 0.3) is 5.69 Å². The second-order valence-electron chi connectivity index (χ2n) is 6.39. The van der Waals surface area contributed by atoms with Gasteiger partial charge in [0.1, 0.15) is 0 Å². The summed E-state index contributed by atoms with van der Waals surface area (Å²) in [6.45, 7) is 6.65. The molecule has 1 fully saturated rings. The number of carboxylic acid groups (broad SMARTS) is 1. The molecule has 2 heterocycles. The zero-order valence-electron chi connectivity index (χ0n) is 13.7. The average molecular weight is 313 g/mol. The third-order valence-electron chi connectivity index (χ3n) is 4.53. The van der Waals surface area contributed by atoms with E-state index in [0.29, 0.717) is 0 Å². The van der Waals surface area contributed by atoms with Crippen molar-refractivity contribution in [1.82, 2.24) is 14.7 Å². The van der Waals surface area contributed by atoms with E-state index in [0.717, 1.165) is 49.6 Å². The molecule has 0 unspecified atom stereocenters. The minimum Gasteiger partial charge on any atom is -0.481 e. The maximum Gasteiger partial charge on any atom is 0.306 e. The van der Waals surface area contributed by atoms with Gasteiger partial charge in [0.25, 0.3) is 0 Å². The number of rotatable bonds is 4. The molecule has 0 spiro atoms. The lowest BCUT2D eigenvalue weighted by Gasteiger charge is -2.30. The summed E-state index contributed by atoms with van der Waals surface area (Å²) in [4.78, 5) is 13.3. The molecule has 1 saturated heterocycles. The number of aryl methyl sites for hydroxylation is 2. The van der Waals surface area contributed by atoms with Crippen LogP contribution in [0.3, 0.4) is 0 Å². The Kier molecular flexibility index (Phi) is 4.48. The molecular formula is C18H23N3O2. The summed E-state index contributed by atoms with van der Waals surface area (Å²) in [6.07, 6.45) is 1.50. The smallest absolute Gasteiger partial charge is 0.306 e. The highest BCUT2D eigenvalue weighted by Gasteiger charge is 2.24. The zero-order valence-corrected chi connectivity index (χ0v) is 13.7. The highest BCUT2D eigenvalue weighted by molar-refractivity contribution is 5.70. The number of benzene rings is 1. The molecule has 0 bridgehead atoms. The minimum absolute atomic E-state index is 0.167. The lowest BCUT2D eigenvalue weighted by atomic mass is 9.97. The van der Waals surface area contributed by atoms with Gasteiger partial charge in [-0.1, -0.05) is 12.1 Å². The molecule has 2 aromatic rings. The van der Waals surface area contributed by atoms with E-state index in [1.54, 1.807) is 0 Å². The van der Waals surface area contributed by atoms with Crippen molar-refractivity contribution in [3.05, 3.63) is 47.3 Å². The van der Waals surface area contributed by atoms with E-state index in [-0.39, 0.29) is 5.92 Å². The summed E-state index contributed by atoms with van der Waals surface area (Å²) in [7, 11) is 0. The molecular weight excluding hydrogens is 290 g/mol. The van der Waals surface area contributed by atoms with Crippen LogP contribution in [-0.2, 0) is 11.3 Å². The summed E-state index contributed by atoms with van der Waals surface area (Å²) in [5, 5.41) is 13.6. The normalized spacial score (nSPS) is 16.6. The second kappa shape index (κ2) is 6.54. The van der Waals surface area contributed by atoms with Gasteiger partial charge in [0.2, 0.25) is 0 Å². The van der Waals surface area contributed by atoms with Crippen molar-refractivity contribution >= 4 is 5.97 Å². The summed E-state index contributed by atoms with van der Waals surface area (Å²) in [5.41, 5.74) is 4.48. The van der Waals surface area contributed by atoms with Crippen LogP contribution in [0, 0.1) is 19.8 Å². The number of carbonyl (C=O) groups is 1. The largest absolute Gasteiger partial charge is 0.481 e. The van der Waals surface area contributed by atoms with Crippen LogP contribution in [0.15, 0.2) is 30.3 Å². The molecule has 1 N–H and O–H groups in total. The van der Waals surface area contributed by atoms with Crippen LogP contribution >= 0.6 is 0 Å². The highest BCUT2D eigenvalue weighted by atomic mass is 16.4. The topological polar surface area (TPSA) is 58.4 Å². The summed E-state index contributed by atoms with van der Waals surface area (Å²) in [5.74, 6) is -0.821. The first-order valence-corrected chi connectivity index (χ1v) is 8.10. The summed E-state index contributed by atoms with van der Waals surface area (Å²) >= 11 is 0. The Morgan fingerprint density at radius 2 is 1.87 bits per heavy atom. The van der Waals surface area contributed by atoms with E-state index in [2.05, 4.69) is 47.3 Å². The van der Waals surface area contributed by atoms with Crippen molar-refractivity contribution < 1.29 is 9.90 Å². The number of carboxylic acids is 1. The van der Waals surface area contributed by atoms with Crippen LogP contribution in [0.5, 0.6) is 0 Å². The third-order valence-corrected chi connectivity index (χ3v) is 4.53. The molecule has 1 aliphatic rings. The van der Waals surface area contributed by atoms with Gasteiger partial charge in [-0.2, -0.15) is 5.10 Å². The van der Waals surface area contributed by atoms with Gasteiger partial charge in [-0.15, -0.1) is 0 Å². The Balaban J connectivity index is 1.62. The number of nitrogens with zero attached hydrogens (tertiary/aromatic N) is 3. The van der Waals surface area contributed by atoms with Crippen LogP contribution in [0.2, 0.25) is 0 Å². The number of aliphatic carboxylic acids is 1. The van der Waals surface area contributed by atoms with E-state index >= 15 is 0 Å². The quantitative estimate of drug-likeness (QED) is 0.943. The average Bonchev–Trinajstić information content (AvgIpc) is 2.87. The molecule has 0 atom stereocenters. The predicted octanol–water partition coefficient (Wildman–Crippen LogP) is 2.79. The number of aromatic nitrogens is 2. The van der Waals surface area contributed by atoms with Crippen molar-refractivity contribution in [3.63, 3.8) is 0 Å². The minimum atomic E-state index is -0.654. The van der Waals surface area contributed by atoms with Gasteiger partial charge >= 0.3 is 5.97 Å². The molecule has 1 aliphatic heterocycles. The van der Waals surface area contributed by atoms with E-state index in [1.807, 2.05) is 11.6 Å². The first kappa shape index (κ1) is 15.7. The molecule has 1 aromatic heterocycles. The predicted molar refractivity (Wildman–Crippen MR) is 88.7 cm³/mol. The van der Waals surface area contributed by atoms with Crippen LogP contribution in [0.1, 0.15) is 29.8 Å². The Morgan fingerprint density at radius 1 is 1.22 bits per heavy atom. The van der Waals surface area contributed by atoms with Gasteiger partial charge in [-0.25, -0.2) is 4.68 Å². The molecule has 5 heteroatoms. The molecule has 23 heavy (non-hydrogen) atoms. The van der Waals surface area contributed by atoms with Gasteiger partial charge < -0.3 is 5.11 Å². The number of likely N-dealkylation sites (tertiary alicyclic amines) is 1.